The number of ether oxygens (including phenoxy) is 1. The van der Waals surface area contributed by atoms with E-state index in [1.807, 2.05) is 6.92 Å². The van der Waals surface area contributed by atoms with Crippen molar-refractivity contribution in [2.24, 2.45) is 0 Å². The van der Waals surface area contributed by atoms with Gasteiger partial charge in [-0.05, 0) is 42.8 Å². The van der Waals surface area contributed by atoms with Crippen LogP contribution in [0.5, 0.6) is 5.75 Å². The van der Waals surface area contributed by atoms with E-state index in [0.29, 0.717) is 17.0 Å². The van der Waals surface area contributed by atoms with Crippen LogP contribution in [0.15, 0.2) is 48.5 Å². The number of carbonyl (C=O) groups is 1. The zero-order valence-electron chi connectivity index (χ0n) is 12.5. The number of carbonyl (C=O) groups excluding carboxylic acids is 1. The van der Waals surface area contributed by atoms with Crippen molar-refractivity contribution in [2.75, 3.05) is 12.4 Å². The summed E-state index contributed by atoms with van der Waals surface area (Å²) >= 11 is 1.40. The largest absolute Gasteiger partial charge is 0.497 e. The smallest absolute Gasteiger partial charge is 0.237 e. The lowest BCUT2D eigenvalue weighted by molar-refractivity contribution is -0.115. The summed E-state index contributed by atoms with van der Waals surface area (Å²) < 4.78 is 18.6. The average Bonchev–Trinajstić information content (AvgIpc) is 2.54. The van der Waals surface area contributed by atoms with Crippen LogP contribution in [0.2, 0.25) is 0 Å². The Labute approximate surface area is 133 Å². The second-order valence-corrected chi connectivity index (χ2v) is 6.09. The Balaban J connectivity index is 1.87. The monoisotopic (exact) mass is 319 g/mol. The fourth-order valence-corrected chi connectivity index (χ4v) is 2.70. The normalized spacial score (nSPS) is 11.8. The van der Waals surface area contributed by atoms with Crippen molar-refractivity contribution in [1.29, 1.82) is 0 Å². The van der Waals surface area contributed by atoms with Crippen molar-refractivity contribution in [1.82, 2.24) is 0 Å². The van der Waals surface area contributed by atoms with Crippen LogP contribution in [0.25, 0.3) is 0 Å². The van der Waals surface area contributed by atoms with Gasteiger partial charge in [-0.1, -0.05) is 18.2 Å². The van der Waals surface area contributed by atoms with Crippen LogP contribution in [0.1, 0.15) is 12.5 Å². The van der Waals surface area contributed by atoms with Crippen LogP contribution >= 0.6 is 11.8 Å². The molecule has 0 saturated heterocycles. The first-order valence-corrected chi connectivity index (χ1v) is 7.95. The minimum atomic E-state index is -0.276. The molecular formula is C17H18FNO2S. The summed E-state index contributed by atoms with van der Waals surface area (Å²) in [5.74, 6) is 0.855. The van der Waals surface area contributed by atoms with E-state index in [4.69, 9.17) is 4.74 Å². The molecule has 0 aliphatic heterocycles. The first kappa shape index (κ1) is 16.4. The van der Waals surface area contributed by atoms with Crippen molar-refractivity contribution in [2.45, 2.75) is 17.9 Å². The maximum Gasteiger partial charge on any atom is 0.237 e. The standard InChI is InChI=1S/C17H18FNO2S/c1-12(22-11-13-5-3-4-6-16(13)18)17(20)19-14-7-9-15(21-2)10-8-14/h3-10,12H,11H2,1-2H3,(H,19,20). The minimum Gasteiger partial charge on any atom is -0.497 e. The Morgan fingerprint density at radius 2 is 1.91 bits per heavy atom. The van der Waals surface area contributed by atoms with Crippen molar-refractivity contribution in [3.05, 3.63) is 59.9 Å². The molecule has 1 amide bonds. The molecule has 0 aliphatic rings. The van der Waals surface area contributed by atoms with E-state index in [-0.39, 0.29) is 17.0 Å². The predicted molar refractivity (Wildman–Crippen MR) is 88.8 cm³/mol. The zero-order chi connectivity index (χ0) is 15.9. The summed E-state index contributed by atoms with van der Waals surface area (Å²) in [7, 11) is 1.59. The minimum absolute atomic E-state index is 0.105. The highest BCUT2D eigenvalue weighted by molar-refractivity contribution is 7.99. The molecule has 0 aromatic heterocycles. The van der Waals surface area contributed by atoms with Crippen LogP contribution in [-0.4, -0.2) is 18.3 Å². The molecule has 0 heterocycles. The van der Waals surface area contributed by atoms with Gasteiger partial charge in [0.1, 0.15) is 11.6 Å². The molecule has 22 heavy (non-hydrogen) atoms. The van der Waals surface area contributed by atoms with Gasteiger partial charge in [-0.3, -0.25) is 4.79 Å². The van der Waals surface area contributed by atoms with Gasteiger partial charge in [-0.2, -0.15) is 0 Å². The molecule has 116 valence electrons. The molecule has 0 fully saturated rings. The molecule has 3 nitrogen and oxygen atoms in total. The Kier molecular flexibility index (Phi) is 5.83. The first-order valence-electron chi connectivity index (χ1n) is 6.90. The Morgan fingerprint density at radius 3 is 2.55 bits per heavy atom. The fourth-order valence-electron chi connectivity index (χ4n) is 1.82. The molecule has 0 bridgehead atoms. The van der Waals surface area contributed by atoms with E-state index in [2.05, 4.69) is 5.32 Å². The lowest BCUT2D eigenvalue weighted by Crippen LogP contribution is -2.22. The summed E-state index contributed by atoms with van der Waals surface area (Å²) in [6, 6.07) is 13.7. The van der Waals surface area contributed by atoms with Crippen LogP contribution in [0.4, 0.5) is 10.1 Å². The molecule has 2 aromatic rings. The van der Waals surface area contributed by atoms with Gasteiger partial charge in [0.2, 0.25) is 5.91 Å². The van der Waals surface area contributed by atoms with E-state index in [9.17, 15) is 9.18 Å². The van der Waals surface area contributed by atoms with Gasteiger partial charge in [0.25, 0.3) is 0 Å². The van der Waals surface area contributed by atoms with Gasteiger partial charge in [-0.25, -0.2) is 4.39 Å². The van der Waals surface area contributed by atoms with Gasteiger partial charge in [-0.15, -0.1) is 11.8 Å². The third-order valence-corrected chi connectivity index (χ3v) is 4.37. The average molecular weight is 319 g/mol. The number of rotatable bonds is 6. The lowest BCUT2D eigenvalue weighted by atomic mass is 10.2. The number of hydrogen-bond donors (Lipinski definition) is 1. The number of halogens is 1. The molecule has 2 aromatic carbocycles. The number of thioether (sulfide) groups is 1. The number of hydrogen-bond acceptors (Lipinski definition) is 3. The summed E-state index contributed by atoms with van der Waals surface area (Å²) in [6.45, 7) is 1.81. The van der Waals surface area contributed by atoms with Crippen LogP contribution in [-0.2, 0) is 10.5 Å². The predicted octanol–water partition coefficient (Wildman–Crippen LogP) is 4.09. The van der Waals surface area contributed by atoms with E-state index in [1.165, 1.54) is 17.8 Å². The molecule has 5 heteroatoms. The zero-order valence-corrected chi connectivity index (χ0v) is 13.3. The van der Waals surface area contributed by atoms with Crippen molar-refractivity contribution < 1.29 is 13.9 Å². The quantitative estimate of drug-likeness (QED) is 0.871. The van der Waals surface area contributed by atoms with Gasteiger partial charge < -0.3 is 10.1 Å². The molecule has 2 rings (SSSR count). The second-order valence-electron chi connectivity index (χ2n) is 4.76. The highest BCUT2D eigenvalue weighted by Gasteiger charge is 2.14. The van der Waals surface area contributed by atoms with Crippen molar-refractivity contribution in [3.63, 3.8) is 0 Å². The van der Waals surface area contributed by atoms with Gasteiger partial charge in [0.05, 0.1) is 12.4 Å². The second kappa shape index (κ2) is 7.84. The maximum atomic E-state index is 13.5. The summed E-state index contributed by atoms with van der Waals surface area (Å²) in [5.41, 5.74) is 1.32. The molecule has 1 N–H and O–H groups in total. The fraction of sp³-hybridized carbons (Fsp3) is 0.235. The molecule has 0 spiro atoms. The van der Waals surface area contributed by atoms with Crippen molar-refractivity contribution >= 4 is 23.4 Å². The van der Waals surface area contributed by atoms with Crippen LogP contribution in [0, 0.1) is 5.82 Å². The summed E-state index contributed by atoms with van der Waals surface area (Å²) in [4.78, 5) is 12.1. The number of methoxy groups -OCH3 is 1. The highest BCUT2D eigenvalue weighted by Crippen LogP contribution is 2.21. The third-order valence-electron chi connectivity index (χ3n) is 3.17. The molecule has 0 radical (unpaired) electrons. The Hall–Kier alpha value is -2.01. The summed E-state index contributed by atoms with van der Waals surface area (Å²) in [6.07, 6.45) is 0. The molecule has 1 atom stereocenters. The van der Waals surface area contributed by atoms with Gasteiger partial charge in [0, 0.05) is 11.4 Å². The number of amides is 1. The van der Waals surface area contributed by atoms with Crippen LogP contribution in [0.3, 0.4) is 0 Å². The van der Waals surface area contributed by atoms with E-state index in [0.717, 1.165) is 5.75 Å². The maximum absolute atomic E-state index is 13.5. The topological polar surface area (TPSA) is 38.3 Å². The summed E-state index contributed by atoms with van der Waals surface area (Å²) in [5, 5.41) is 2.56. The number of anilines is 1. The van der Waals surface area contributed by atoms with E-state index >= 15 is 0 Å². The molecule has 0 aliphatic carbocycles. The van der Waals surface area contributed by atoms with Crippen LogP contribution < -0.4 is 10.1 Å². The molecule has 1 unspecified atom stereocenters. The van der Waals surface area contributed by atoms with E-state index in [1.54, 1.807) is 49.6 Å². The lowest BCUT2D eigenvalue weighted by Gasteiger charge is -2.12. The SMILES string of the molecule is COc1ccc(NC(=O)C(C)SCc2ccccc2F)cc1. The highest BCUT2D eigenvalue weighted by atomic mass is 32.2. The molecular weight excluding hydrogens is 301 g/mol. The Morgan fingerprint density at radius 1 is 1.23 bits per heavy atom. The molecule has 0 saturated carbocycles. The van der Waals surface area contributed by atoms with E-state index < -0.39 is 0 Å². The first-order chi connectivity index (χ1) is 10.6. The third kappa shape index (κ3) is 4.49. The van der Waals surface area contributed by atoms with Gasteiger partial charge in [0.15, 0.2) is 0 Å². The van der Waals surface area contributed by atoms with Crippen molar-refractivity contribution in [3.8, 4) is 5.75 Å². The van der Waals surface area contributed by atoms with Gasteiger partial charge >= 0.3 is 0 Å². The number of benzene rings is 2. The number of nitrogens with one attached hydrogen (secondary N) is 1. The Bertz CT molecular complexity index is 631.